The average Bonchev–Trinajstić information content (AvgIpc) is 3.26. The van der Waals surface area contributed by atoms with Gasteiger partial charge in [-0.1, -0.05) is 27.2 Å². The van der Waals surface area contributed by atoms with Gasteiger partial charge in [0.2, 0.25) is 23.5 Å². The SMILES string of the molecule is Fc1ccc(-c2noc(Cc3nnc(-c4cccc(Br)c4)o3)n2)cc1. The lowest BCUT2D eigenvalue weighted by atomic mass is 10.2. The van der Waals surface area contributed by atoms with E-state index in [1.54, 1.807) is 12.1 Å². The summed E-state index contributed by atoms with van der Waals surface area (Å²) in [4.78, 5) is 4.27. The Balaban J connectivity index is 1.52. The van der Waals surface area contributed by atoms with Crippen molar-refractivity contribution < 1.29 is 13.3 Å². The van der Waals surface area contributed by atoms with E-state index in [4.69, 9.17) is 8.94 Å². The molecule has 0 N–H and O–H groups in total. The highest BCUT2D eigenvalue weighted by Gasteiger charge is 2.14. The van der Waals surface area contributed by atoms with Gasteiger partial charge >= 0.3 is 0 Å². The van der Waals surface area contributed by atoms with Crippen LogP contribution in [0.2, 0.25) is 0 Å². The molecule has 0 aliphatic carbocycles. The predicted molar refractivity (Wildman–Crippen MR) is 89.9 cm³/mol. The molecule has 4 rings (SSSR count). The summed E-state index contributed by atoms with van der Waals surface area (Å²) in [5, 5.41) is 11.9. The topological polar surface area (TPSA) is 77.8 Å². The van der Waals surface area contributed by atoms with Crippen molar-refractivity contribution in [2.75, 3.05) is 0 Å². The number of hydrogen-bond donors (Lipinski definition) is 0. The molecule has 2 heterocycles. The smallest absolute Gasteiger partial charge is 0.247 e. The number of rotatable bonds is 4. The van der Waals surface area contributed by atoms with Gasteiger partial charge in [0.15, 0.2) is 0 Å². The lowest BCUT2D eigenvalue weighted by Crippen LogP contribution is -1.89. The minimum absolute atomic E-state index is 0.217. The molecular formula is C17H10BrFN4O2. The van der Waals surface area contributed by atoms with Gasteiger partial charge in [0.05, 0.1) is 0 Å². The number of hydrogen-bond acceptors (Lipinski definition) is 6. The molecule has 0 atom stereocenters. The molecule has 0 aliphatic rings. The van der Waals surface area contributed by atoms with Crippen LogP contribution in [-0.4, -0.2) is 20.3 Å². The first-order valence-corrected chi connectivity index (χ1v) is 8.13. The second-order valence-electron chi connectivity index (χ2n) is 5.21. The summed E-state index contributed by atoms with van der Waals surface area (Å²) in [6, 6.07) is 13.4. The Hall–Kier alpha value is -2.87. The van der Waals surface area contributed by atoms with E-state index in [0.717, 1.165) is 10.0 Å². The third kappa shape index (κ3) is 3.48. The molecule has 0 saturated heterocycles. The number of nitrogens with zero attached hydrogens (tertiary/aromatic N) is 4. The number of aromatic nitrogens is 4. The summed E-state index contributed by atoms with van der Waals surface area (Å²) in [6.07, 6.45) is 0.217. The van der Waals surface area contributed by atoms with E-state index in [1.165, 1.54) is 12.1 Å². The second kappa shape index (κ2) is 6.56. The molecule has 124 valence electrons. The van der Waals surface area contributed by atoms with Crippen molar-refractivity contribution in [3.05, 3.63) is 70.6 Å². The minimum Gasteiger partial charge on any atom is -0.420 e. The van der Waals surface area contributed by atoms with Gasteiger partial charge in [0.25, 0.3) is 0 Å². The highest BCUT2D eigenvalue weighted by Crippen LogP contribution is 2.23. The van der Waals surface area contributed by atoms with E-state index in [1.807, 2.05) is 24.3 Å². The quantitative estimate of drug-likeness (QED) is 0.508. The summed E-state index contributed by atoms with van der Waals surface area (Å²) in [5.74, 6) is 1.17. The molecular weight excluding hydrogens is 391 g/mol. The zero-order chi connectivity index (χ0) is 17.2. The van der Waals surface area contributed by atoms with Crippen molar-refractivity contribution in [1.82, 2.24) is 20.3 Å². The maximum atomic E-state index is 13.0. The fraction of sp³-hybridized carbons (Fsp3) is 0.0588. The van der Waals surface area contributed by atoms with E-state index in [2.05, 4.69) is 36.3 Å². The lowest BCUT2D eigenvalue weighted by Gasteiger charge is -1.94. The first kappa shape index (κ1) is 15.6. The maximum Gasteiger partial charge on any atom is 0.247 e. The maximum absolute atomic E-state index is 13.0. The number of benzene rings is 2. The summed E-state index contributed by atoms with van der Waals surface area (Å²) in [7, 11) is 0. The average molecular weight is 401 g/mol. The third-order valence-electron chi connectivity index (χ3n) is 3.41. The highest BCUT2D eigenvalue weighted by molar-refractivity contribution is 9.10. The molecule has 0 radical (unpaired) electrons. The van der Waals surface area contributed by atoms with E-state index in [9.17, 15) is 4.39 Å². The largest absolute Gasteiger partial charge is 0.420 e. The zero-order valence-electron chi connectivity index (χ0n) is 12.7. The van der Waals surface area contributed by atoms with Crippen molar-refractivity contribution in [1.29, 1.82) is 0 Å². The van der Waals surface area contributed by atoms with Crippen LogP contribution in [0.25, 0.3) is 22.8 Å². The molecule has 6 nitrogen and oxygen atoms in total. The predicted octanol–water partition coefficient (Wildman–Crippen LogP) is 4.28. The van der Waals surface area contributed by atoms with E-state index < -0.39 is 0 Å². The van der Waals surface area contributed by atoms with Gasteiger partial charge in [-0.15, -0.1) is 10.2 Å². The molecule has 2 aromatic heterocycles. The molecule has 0 bridgehead atoms. The van der Waals surface area contributed by atoms with E-state index in [0.29, 0.717) is 29.1 Å². The van der Waals surface area contributed by atoms with Crippen LogP contribution in [0.15, 0.2) is 61.9 Å². The van der Waals surface area contributed by atoms with Gasteiger partial charge < -0.3 is 8.94 Å². The molecule has 0 unspecified atom stereocenters. The highest BCUT2D eigenvalue weighted by atomic mass is 79.9. The number of halogens is 2. The molecule has 0 saturated carbocycles. The normalized spacial score (nSPS) is 11.0. The van der Waals surface area contributed by atoms with Crippen molar-refractivity contribution in [2.24, 2.45) is 0 Å². The minimum atomic E-state index is -0.321. The Bertz CT molecular complexity index is 1010. The molecule has 8 heteroatoms. The van der Waals surface area contributed by atoms with Gasteiger partial charge in [0.1, 0.15) is 12.2 Å². The van der Waals surface area contributed by atoms with Crippen LogP contribution in [0.4, 0.5) is 4.39 Å². The van der Waals surface area contributed by atoms with Crippen molar-refractivity contribution in [3.8, 4) is 22.8 Å². The van der Waals surface area contributed by atoms with Crippen LogP contribution in [0, 0.1) is 5.82 Å². The Morgan fingerprint density at radius 2 is 1.80 bits per heavy atom. The van der Waals surface area contributed by atoms with Gasteiger partial charge in [-0.3, -0.25) is 0 Å². The van der Waals surface area contributed by atoms with E-state index in [-0.39, 0.29) is 12.2 Å². The summed E-state index contributed by atoms with van der Waals surface area (Å²) in [6.45, 7) is 0. The van der Waals surface area contributed by atoms with E-state index >= 15 is 0 Å². The fourth-order valence-electron chi connectivity index (χ4n) is 2.24. The van der Waals surface area contributed by atoms with Crippen molar-refractivity contribution in [3.63, 3.8) is 0 Å². The molecule has 0 spiro atoms. The van der Waals surface area contributed by atoms with Crippen LogP contribution in [0.1, 0.15) is 11.8 Å². The fourth-order valence-corrected chi connectivity index (χ4v) is 2.63. The van der Waals surface area contributed by atoms with Gasteiger partial charge in [-0.05, 0) is 42.5 Å². The zero-order valence-corrected chi connectivity index (χ0v) is 14.3. The monoisotopic (exact) mass is 400 g/mol. The van der Waals surface area contributed by atoms with Crippen molar-refractivity contribution >= 4 is 15.9 Å². The molecule has 4 aromatic rings. The molecule has 0 aliphatic heterocycles. The summed E-state index contributed by atoms with van der Waals surface area (Å²) in [5.41, 5.74) is 1.47. The molecule has 0 amide bonds. The Morgan fingerprint density at radius 3 is 2.60 bits per heavy atom. The van der Waals surface area contributed by atoms with Gasteiger partial charge in [-0.25, -0.2) is 4.39 Å². The Labute approximate surface area is 149 Å². The molecule has 25 heavy (non-hydrogen) atoms. The van der Waals surface area contributed by atoms with Crippen LogP contribution in [0.5, 0.6) is 0 Å². The van der Waals surface area contributed by atoms with Crippen LogP contribution in [0.3, 0.4) is 0 Å². The second-order valence-corrected chi connectivity index (χ2v) is 6.12. The third-order valence-corrected chi connectivity index (χ3v) is 3.90. The molecule has 0 fully saturated rings. The summed E-state index contributed by atoms with van der Waals surface area (Å²) < 4.78 is 24.7. The standard InChI is InChI=1S/C17H10BrFN4O2/c18-12-3-1-2-11(8-12)17-22-21-15(24-17)9-14-20-16(23-25-14)10-4-6-13(19)7-5-10/h1-8H,9H2. The summed E-state index contributed by atoms with van der Waals surface area (Å²) >= 11 is 3.40. The lowest BCUT2D eigenvalue weighted by molar-refractivity contribution is 0.374. The van der Waals surface area contributed by atoms with Crippen LogP contribution >= 0.6 is 15.9 Å². The van der Waals surface area contributed by atoms with Crippen LogP contribution < -0.4 is 0 Å². The Kier molecular flexibility index (Phi) is 4.10. The Morgan fingerprint density at radius 1 is 0.960 bits per heavy atom. The first-order valence-electron chi connectivity index (χ1n) is 7.34. The van der Waals surface area contributed by atoms with Crippen LogP contribution in [-0.2, 0) is 6.42 Å². The van der Waals surface area contributed by atoms with Gasteiger partial charge in [0, 0.05) is 15.6 Å². The first-order chi connectivity index (χ1) is 12.2. The van der Waals surface area contributed by atoms with Gasteiger partial charge in [-0.2, -0.15) is 4.98 Å². The van der Waals surface area contributed by atoms with Crippen molar-refractivity contribution in [2.45, 2.75) is 6.42 Å². The molecule has 2 aromatic carbocycles.